The zero-order chi connectivity index (χ0) is 21.2. The Morgan fingerprint density at radius 3 is 2.69 bits per heavy atom. The number of hydrogen-bond donors (Lipinski definition) is 1. The molecule has 2 aromatic heterocycles. The van der Waals surface area contributed by atoms with Gasteiger partial charge in [0.25, 0.3) is 0 Å². The molecule has 1 atom stereocenters. The Hall–Kier alpha value is -1.66. The summed E-state index contributed by atoms with van der Waals surface area (Å²) in [5, 5.41) is 4.93. The lowest BCUT2D eigenvalue weighted by molar-refractivity contribution is -0.104. The summed E-state index contributed by atoms with van der Waals surface area (Å²) in [6.07, 6.45) is 10.2. The van der Waals surface area contributed by atoms with Crippen molar-refractivity contribution < 1.29 is 9.47 Å². The van der Waals surface area contributed by atoms with Crippen LogP contribution in [0.15, 0.2) is 48.7 Å². The van der Waals surface area contributed by atoms with Crippen LogP contribution in [-0.2, 0) is 16.7 Å². The first-order chi connectivity index (χ1) is 15.2. The molecule has 3 heterocycles. The lowest BCUT2D eigenvalue weighted by atomic mass is 9.68. The number of pyridine rings is 1. The molecule has 1 saturated carbocycles. The van der Waals surface area contributed by atoms with Gasteiger partial charge in [0.05, 0.1) is 17.6 Å². The Labute approximate surface area is 201 Å². The number of halogens is 1. The van der Waals surface area contributed by atoms with Gasteiger partial charge in [0.15, 0.2) is 0 Å². The Balaban J connectivity index is 0.00000245. The lowest BCUT2D eigenvalue weighted by Crippen LogP contribution is -2.47. The number of thiophene rings is 1. The van der Waals surface area contributed by atoms with Crippen molar-refractivity contribution in [2.45, 2.75) is 62.5 Å². The van der Waals surface area contributed by atoms with E-state index in [1.807, 2.05) is 23.6 Å². The van der Waals surface area contributed by atoms with Crippen molar-refractivity contribution in [1.82, 2.24) is 10.3 Å². The first-order valence-corrected chi connectivity index (χ1v) is 12.4. The molecule has 1 N–H and O–H groups in total. The molecule has 172 valence electrons. The predicted molar refractivity (Wildman–Crippen MR) is 134 cm³/mol. The number of rotatable bonds is 7. The molecule has 2 aliphatic rings. The fraction of sp³-hybridized carbons (Fsp3) is 0.500. The molecule has 1 spiro atoms. The monoisotopic (exact) mass is 472 g/mol. The van der Waals surface area contributed by atoms with E-state index >= 15 is 0 Å². The SMILES string of the molecule is COc1c(CNCC[C@@]2(c3ccccn3)CCOC3(CCCC3)C2)sc2ccccc12.Cl. The van der Waals surface area contributed by atoms with Crippen LogP contribution in [0.2, 0.25) is 0 Å². The predicted octanol–water partition coefficient (Wildman–Crippen LogP) is 6.27. The minimum absolute atomic E-state index is 0. The van der Waals surface area contributed by atoms with E-state index in [9.17, 15) is 0 Å². The van der Waals surface area contributed by atoms with E-state index in [1.165, 1.54) is 46.3 Å². The van der Waals surface area contributed by atoms with E-state index in [2.05, 4.69) is 41.7 Å². The summed E-state index contributed by atoms with van der Waals surface area (Å²) >= 11 is 1.83. The highest BCUT2D eigenvalue weighted by atomic mass is 35.5. The average Bonchev–Trinajstić information content (AvgIpc) is 3.41. The van der Waals surface area contributed by atoms with Crippen molar-refractivity contribution >= 4 is 33.8 Å². The van der Waals surface area contributed by atoms with Crippen molar-refractivity contribution in [3.63, 3.8) is 0 Å². The maximum Gasteiger partial charge on any atom is 0.141 e. The van der Waals surface area contributed by atoms with Crippen LogP contribution in [0.4, 0.5) is 0 Å². The Morgan fingerprint density at radius 1 is 1.09 bits per heavy atom. The molecule has 2 fully saturated rings. The molecule has 0 bridgehead atoms. The van der Waals surface area contributed by atoms with Gasteiger partial charge in [-0.2, -0.15) is 0 Å². The summed E-state index contributed by atoms with van der Waals surface area (Å²) in [5.41, 5.74) is 1.41. The van der Waals surface area contributed by atoms with Gasteiger partial charge in [-0.05, 0) is 62.9 Å². The summed E-state index contributed by atoms with van der Waals surface area (Å²) in [6, 6.07) is 14.9. The molecule has 0 amide bonds. The van der Waals surface area contributed by atoms with Gasteiger partial charge in [0, 0.05) is 40.5 Å². The number of nitrogens with zero attached hydrogens (tertiary/aromatic N) is 1. The second-order valence-corrected chi connectivity index (χ2v) is 10.3. The Morgan fingerprint density at radius 2 is 1.91 bits per heavy atom. The van der Waals surface area contributed by atoms with Gasteiger partial charge in [0.2, 0.25) is 0 Å². The molecule has 4 nitrogen and oxygen atoms in total. The molecule has 32 heavy (non-hydrogen) atoms. The fourth-order valence-corrected chi connectivity index (χ4v) is 6.88. The van der Waals surface area contributed by atoms with Crippen LogP contribution in [0.3, 0.4) is 0 Å². The number of methoxy groups -OCH3 is 1. The van der Waals surface area contributed by atoms with Crippen molar-refractivity contribution in [3.8, 4) is 5.75 Å². The molecule has 3 aromatic rings. The average molecular weight is 473 g/mol. The number of ether oxygens (including phenoxy) is 2. The lowest BCUT2D eigenvalue weighted by Gasteiger charge is -2.46. The van der Waals surface area contributed by atoms with Crippen molar-refractivity contribution in [2.75, 3.05) is 20.3 Å². The van der Waals surface area contributed by atoms with Crippen LogP contribution in [0.25, 0.3) is 10.1 Å². The van der Waals surface area contributed by atoms with Crippen LogP contribution in [0.5, 0.6) is 5.75 Å². The van der Waals surface area contributed by atoms with Crippen LogP contribution in [0, 0.1) is 0 Å². The van der Waals surface area contributed by atoms with Gasteiger partial charge in [-0.1, -0.05) is 31.0 Å². The van der Waals surface area contributed by atoms with Crippen LogP contribution < -0.4 is 10.1 Å². The van der Waals surface area contributed by atoms with Gasteiger partial charge in [0.1, 0.15) is 5.75 Å². The number of aromatic nitrogens is 1. The Kier molecular flexibility index (Phi) is 7.40. The van der Waals surface area contributed by atoms with E-state index in [-0.39, 0.29) is 23.4 Å². The van der Waals surface area contributed by atoms with Gasteiger partial charge in [-0.25, -0.2) is 0 Å². The van der Waals surface area contributed by atoms with E-state index in [4.69, 9.17) is 14.5 Å². The third-order valence-corrected chi connectivity index (χ3v) is 8.41. The van der Waals surface area contributed by atoms with Crippen LogP contribution in [0.1, 0.15) is 55.5 Å². The van der Waals surface area contributed by atoms with Gasteiger partial charge in [-0.3, -0.25) is 4.98 Å². The number of hydrogen-bond acceptors (Lipinski definition) is 5. The Bertz CT molecular complexity index is 1020. The highest BCUT2D eigenvalue weighted by molar-refractivity contribution is 7.19. The molecule has 5 rings (SSSR count). The highest BCUT2D eigenvalue weighted by Crippen LogP contribution is 2.49. The number of benzene rings is 1. The van der Waals surface area contributed by atoms with Crippen molar-refractivity contribution in [1.29, 1.82) is 0 Å². The molecule has 1 aromatic carbocycles. The largest absolute Gasteiger partial charge is 0.495 e. The summed E-state index contributed by atoms with van der Waals surface area (Å²) < 4.78 is 13.4. The van der Waals surface area contributed by atoms with Gasteiger partial charge < -0.3 is 14.8 Å². The smallest absolute Gasteiger partial charge is 0.141 e. The molecule has 1 saturated heterocycles. The summed E-state index contributed by atoms with van der Waals surface area (Å²) in [4.78, 5) is 6.09. The molecule has 0 radical (unpaired) electrons. The van der Waals surface area contributed by atoms with Crippen LogP contribution in [-0.4, -0.2) is 30.8 Å². The quantitative estimate of drug-likeness (QED) is 0.411. The molecule has 0 unspecified atom stereocenters. The van der Waals surface area contributed by atoms with E-state index in [1.54, 1.807) is 7.11 Å². The van der Waals surface area contributed by atoms with E-state index < -0.39 is 0 Å². The first kappa shape index (κ1) is 23.5. The third-order valence-electron chi connectivity index (χ3n) is 7.26. The molecular formula is C26H33ClN2O2S. The highest BCUT2D eigenvalue weighted by Gasteiger charge is 2.48. The van der Waals surface area contributed by atoms with Crippen LogP contribution >= 0.6 is 23.7 Å². The topological polar surface area (TPSA) is 43.4 Å². The minimum Gasteiger partial charge on any atom is -0.495 e. The summed E-state index contributed by atoms with van der Waals surface area (Å²) in [6.45, 7) is 2.65. The minimum atomic E-state index is 0. The number of fused-ring (bicyclic) bond motifs is 1. The summed E-state index contributed by atoms with van der Waals surface area (Å²) in [7, 11) is 1.77. The fourth-order valence-electron chi connectivity index (χ4n) is 5.74. The zero-order valence-corrected chi connectivity index (χ0v) is 20.4. The molecule has 1 aliphatic heterocycles. The second-order valence-electron chi connectivity index (χ2n) is 9.14. The van der Waals surface area contributed by atoms with E-state index in [0.29, 0.717) is 0 Å². The maximum atomic E-state index is 6.38. The van der Waals surface area contributed by atoms with Gasteiger partial charge in [-0.15, -0.1) is 23.7 Å². The molecule has 1 aliphatic carbocycles. The molecular weight excluding hydrogens is 440 g/mol. The second kappa shape index (κ2) is 10.1. The first-order valence-electron chi connectivity index (χ1n) is 11.5. The van der Waals surface area contributed by atoms with E-state index in [0.717, 1.165) is 44.7 Å². The zero-order valence-electron chi connectivity index (χ0n) is 18.8. The standard InChI is InChI=1S/C26H32N2O2S.ClH/c1-29-24-20-8-2-3-9-21(20)31-22(24)18-27-16-13-25(23-10-4-7-15-28-23)14-17-30-26(19-25)11-5-6-12-26;/h2-4,7-10,15,27H,5-6,11-14,16-19H2,1H3;1H/t25-;/m1./s1. The van der Waals surface area contributed by atoms with Gasteiger partial charge >= 0.3 is 0 Å². The molecule has 6 heteroatoms. The summed E-state index contributed by atoms with van der Waals surface area (Å²) in [5.74, 6) is 1.02. The maximum absolute atomic E-state index is 6.38. The number of nitrogens with one attached hydrogen (secondary N) is 1. The van der Waals surface area contributed by atoms with Crippen molar-refractivity contribution in [2.24, 2.45) is 0 Å². The normalized spacial score (nSPS) is 22.2. The third kappa shape index (κ3) is 4.54. The van der Waals surface area contributed by atoms with Crippen molar-refractivity contribution in [3.05, 3.63) is 59.2 Å².